The van der Waals surface area contributed by atoms with Crippen molar-refractivity contribution in [2.75, 3.05) is 6.54 Å². The molecule has 0 aliphatic rings. The first-order valence-electron chi connectivity index (χ1n) is 6.47. The summed E-state index contributed by atoms with van der Waals surface area (Å²) in [5, 5.41) is 2.75. The zero-order valence-corrected chi connectivity index (χ0v) is 11.2. The van der Waals surface area contributed by atoms with Crippen molar-refractivity contribution in [1.29, 1.82) is 0 Å². The molecule has 0 radical (unpaired) electrons. The van der Waals surface area contributed by atoms with E-state index in [0.29, 0.717) is 0 Å². The monoisotopic (exact) mass is 229 g/mol. The zero-order valence-electron chi connectivity index (χ0n) is 11.2. The molecule has 0 aliphatic carbocycles. The average molecular weight is 229 g/mol. The number of carbonyl (C=O) groups excluding carboxylic acids is 1. The Hall–Kier alpha value is -0.730. The molecule has 0 spiro atoms. The van der Waals surface area contributed by atoms with Crippen LogP contribution in [0.1, 0.15) is 59.8 Å². The van der Waals surface area contributed by atoms with E-state index in [-0.39, 0.29) is 12.2 Å². The van der Waals surface area contributed by atoms with Gasteiger partial charge in [0.15, 0.2) is 0 Å². The predicted molar refractivity (Wildman–Crippen MR) is 67.5 cm³/mol. The van der Waals surface area contributed by atoms with Crippen molar-refractivity contribution < 1.29 is 9.53 Å². The Morgan fingerprint density at radius 1 is 1.06 bits per heavy atom. The van der Waals surface area contributed by atoms with Crippen molar-refractivity contribution in [2.45, 2.75) is 65.9 Å². The highest BCUT2D eigenvalue weighted by molar-refractivity contribution is 5.67. The van der Waals surface area contributed by atoms with E-state index in [0.717, 1.165) is 18.9 Å². The quantitative estimate of drug-likeness (QED) is 0.644. The van der Waals surface area contributed by atoms with Gasteiger partial charge in [-0.05, 0) is 26.2 Å². The van der Waals surface area contributed by atoms with Crippen LogP contribution in [0.4, 0.5) is 4.79 Å². The van der Waals surface area contributed by atoms with Crippen LogP contribution >= 0.6 is 0 Å². The van der Waals surface area contributed by atoms with Gasteiger partial charge in [-0.1, -0.05) is 39.5 Å². The van der Waals surface area contributed by atoms with E-state index < -0.39 is 0 Å². The van der Waals surface area contributed by atoms with Crippen LogP contribution in [0.2, 0.25) is 0 Å². The standard InChI is InChI=1S/C13H27NO2/c1-11(2)9-7-5-6-8-10-14-13(15)16-12(3)4/h11-12H,5-10H2,1-4H3,(H,14,15). The van der Waals surface area contributed by atoms with Crippen LogP contribution in [-0.4, -0.2) is 18.7 Å². The molecule has 0 atom stereocenters. The molecular weight excluding hydrogens is 202 g/mol. The second kappa shape index (κ2) is 9.49. The molecular formula is C13H27NO2. The van der Waals surface area contributed by atoms with Crippen LogP contribution in [0.25, 0.3) is 0 Å². The second-order valence-electron chi connectivity index (χ2n) is 4.98. The summed E-state index contributed by atoms with van der Waals surface area (Å²) in [6, 6.07) is 0. The summed E-state index contributed by atoms with van der Waals surface area (Å²) in [6.07, 6.45) is 5.78. The summed E-state index contributed by atoms with van der Waals surface area (Å²) < 4.78 is 4.96. The van der Waals surface area contributed by atoms with Crippen molar-refractivity contribution >= 4 is 6.09 Å². The van der Waals surface area contributed by atoms with Crippen LogP contribution < -0.4 is 5.32 Å². The van der Waals surface area contributed by atoms with Crippen LogP contribution in [0.3, 0.4) is 0 Å². The van der Waals surface area contributed by atoms with Crippen molar-refractivity contribution in [1.82, 2.24) is 5.32 Å². The molecule has 0 aromatic carbocycles. The lowest BCUT2D eigenvalue weighted by Crippen LogP contribution is -2.27. The van der Waals surface area contributed by atoms with Gasteiger partial charge in [0, 0.05) is 6.54 Å². The molecule has 0 saturated heterocycles. The third-order valence-corrected chi connectivity index (χ3v) is 2.32. The fraction of sp³-hybridized carbons (Fsp3) is 0.923. The maximum Gasteiger partial charge on any atom is 0.407 e. The molecule has 0 aromatic heterocycles. The Bertz CT molecular complexity index is 179. The third-order valence-electron chi connectivity index (χ3n) is 2.32. The van der Waals surface area contributed by atoms with E-state index in [1.54, 1.807) is 0 Å². The van der Waals surface area contributed by atoms with Crippen molar-refractivity contribution in [3.8, 4) is 0 Å². The zero-order chi connectivity index (χ0) is 12.4. The molecule has 0 saturated carbocycles. The fourth-order valence-electron chi connectivity index (χ4n) is 1.48. The topological polar surface area (TPSA) is 38.3 Å². The van der Waals surface area contributed by atoms with Crippen LogP contribution in [0, 0.1) is 5.92 Å². The minimum Gasteiger partial charge on any atom is -0.447 e. The van der Waals surface area contributed by atoms with Gasteiger partial charge in [-0.3, -0.25) is 0 Å². The summed E-state index contributed by atoms with van der Waals surface area (Å²) in [5.41, 5.74) is 0. The lowest BCUT2D eigenvalue weighted by atomic mass is 10.0. The lowest BCUT2D eigenvalue weighted by Gasteiger charge is -2.09. The Morgan fingerprint density at radius 2 is 1.69 bits per heavy atom. The molecule has 0 heterocycles. The van der Waals surface area contributed by atoms with Gasteiger partial charge in [0.05, 0.1) is 6.10 Å². The number of nitrogens with one attached hydrogen (secondary N) is 1. The molecule has 1 N–H and O–H groups in total. The lowest BCUT2D eigenvalue weighted by molar-refractivity contribution is 0.115. The summed E-state index contributed by atoms with van der Waals surface area (Å²) in [7, 11) is 0. The Labute approximate surface area is 99.9 Å². The van der Waals surface area contributed by atoms with Gasteiger partial charge in [0.2, 0.25) is 0 Å². The summed E-state index contributed by atoms with van der Waals surface area (Å²) in [6.45, 7) is 8.94. The molecule has 96 valence electrons. The molecule has 0 rings (SSSR count). The fourth-order valence-corrected chi connectivity index (χ4v) is 1.48. The van der Waals surface area contributed by atoms with Crippen molar-refractivity contribution in [2.24, 2.45) is 5.92 Å². The highest BCUT2D eigenvalue weighted by atomic mass is 16.6. The normalized spacial score (nSPS) is 10.9. The van der Waals surface area contributed by atoms with Crippen LogP contribution in [0.5, 0.6) is 0 Å². The number of rotatable bonds is 8. The molecule has 3 nitrogen and oxygen atoms in total. The maximum absolute atomic E-state index is 11.1. The summed E-state index contributed by atoms with van der Waals surface area (Å²) >= 11 is 0. The third kappa shape index (κ3) is 11.3. The number of amides is 1. The van der Waals surface area contributed by atoms with Crippen molar-refractivity contribution in [3.63, 3.8) is 0 Å². The first-order chi connectivity index (χ1) is 7.52. The Morgan fingerprint density at radius 3 is 2.25 bits per heavy atom. The van der Waals surface area contributed by atoms with E-state index in [1.165, 1.54) is 25.7 Å². The molecule has 0 aromatic rings. The van der Waals surface area contributed by atoms with E-state index in [4.69, 9.17) is 4.74 Å². The summed E-state index contributed by atoms with van der Waals surface area (Å²) in [4.78, 5) is 11.1. The first-order valence-corrected chi connectivity index (χ1v) is 6.47. The van der Waals surface area contributed by atoms with Crippen LogP contribution in [-0.2, 0) is 4.74 Å². The number of hydrogen-bond acceptors (Lipinski definition) is 2. The molecule has 0 unspecified atom stereocenters. The minimum atomic E-state index is -0.294. The van der Waals surface area contributed by atoms with Gasteiger partial charge in [-0.2, -0.15) is 0 Å². The molecule has 0 bridgehead atoms. The maximum atomic E-state index is 11.1. The SMILES string of the molecule is CC(C)CCCCCCNC(=O)OC(C)C. The second-order valence-corrected chi connectivity index (χ2v) is 4.98. The summed E-state index contributed by atoms with van der Waals surface area (Å²) in [5.74, 6) is 0.805. The van der Waals surface area contributed by atoms with E-state index in [2.05, 4.69) is 19.2 Å². The van der Waals surface area contributed by atoms with Gasteiger partial charge in [-0.15, -0.1) is 0 Å². The van der Waals surface area contributed by atoms with E-state index in [9.17, 15) is 4.79 Å². The number of ether oxygens (including phenoxy) is 1. The molecule has 0 aliphatic heterocycles. The Balaban J connectivity index is 3.18. The first kappa shape index (κ1) is 15.3. The van der Waals surface area contributed by atoms with E-state index in [1.807, 2.05) is 13.8 Å². The molecule has 3 heteroatoms. The van der Waals surface area contributed by atoms with E-state index >= 15 is 0 Å². The van der Waals surface area contributed by atoms with Gasteiger partial charge < -0.3 is 10.1 Å². The molecule has 16 heavy (non-hydrogen) atoms. The molecule has 1 amide bonds. The van der Waals surface area contributed by atoms with Gasteiger partial charge in [-0.25, -0.2) is 4.79 Å². The van der Waals surface area contributed by atoms with Gasteiger partial charge in [0.1, 0.15) is 0 Å². The largest absolute Gasteiger partial charge is 0.447 e. The average Bonchev–Trinajstić information content (AvgIpc) is 2.14. The number of unbranched alkanes of at least 4 members (excludes halogenated alkanes) is 3. The minimum absolute atomic E-state index is 0.0361. The predicted octanol–water partition coefficient (Wildman–Crippen LogP) is 3.73. The van der Waals surface area contributed by atoms with Gasteiger partial charge >= 0.3 is 6.09 Å². The highest BCUT2D eigenvalue weighted by Gasteiger charge is 2.02. The van der Waals surface area contributed by atoms with Gasteiger partial charge in [0.25, 0.3) is 0 Å². The number of hydrogen-bond donors (Lipinski definition) is 1. The number of alkyl carbamates (subject to hydrolysis) is 1. The van der Waals surface area contributed by atoms with Crippen molar-refractivity contribution in [3.05, 3.63) is 0 Å². The smallest absolute Gasteiger partial charge is 0.407 e. The highest BCUT2D eigenvalue weighted by Crippen LogP contribution is 2.08. The molecule has 0 fully saturated rings. The van der Waals surface area contributed by atoms with Crippen LogP contribution in [0.15, 0.2) is 0 Å². The Kier molecular flexibility index (Phi) is 9.06. The number of carbonyl (C=O) groups is 1.